The zero-order valence-corrected chi connectivity index (χ0v) is 16.2. The van der Waals surface area contributed by atoms with Gasteiger partial charge in [0.2, 0.25) is 0 Å². The number of halogens is 4. The van der Waals surface area contributed by atoms with Gasteiger partial charge >= 0.3 is 6.18 Å². The lowest BCUT2D eigenvalue weighted by atomic mass is 10.2. The molecule has 140 valence electrons. The number of alkyl halides is 3. The normalized spacial score (nSPS) is 11.4. The molecule has 3 rings (SSSR count). The predicted molar refractivity (Wildman–Crippen MR) is 105 cm³/mol. The number of carbonyl (C=O) groups excluding carboxylic acids is 1. The molecule has 5 nitrogen and oxygen atoms in total. The Hall–Kier alpha value is -2.56. The van der Waals surface area contributed by atoms with E-state index in [1.807, 2.05) is 12.1 Å². The number of hydrogen-bond donors (Lipinski definition) is 2. The maximum atomic E-state index is 12.8. The van der Waals surface area contributed by atoms with Gasteiger partial charge in [0.15, 0.2) is 5.69 Å². The molecule has 3 aromatic rings. The molecule has 0 radical (unpaired) electrons. The molecule has 0 aliphatic rings. The number of nitrogens with zero attached hydrogens (tertiary/aromatic N) is 2. The number of carbonyl (C=O) groups is 1. The molecule has 0 saturated heterocycles. The van der Waals surface area contributed by atoms with Crippen LogP contribution in [0.25, 0.3) is 5.69 Å². The summed E-state index contributed by atoms with van der Waals surface area (Å²) in [5, 5.41) is 6.29. The number of hydrogen-bond acceptors (Lipinski definition) is 3. The fraction of sp³-hybridized carbons (Fsp3) is 0.111. The largest absolute Gasteiger partial charge is 0.435 e. The summed E-state index contributed by atoms with van der Waals surface area (Å²) in [6, 6.07) is 12.5. The number of nitrogens with two attached hydrogens (primary N) is 1. The van der Waals surface area contributed by atoms with Gasteiger partial charge in [-0.1, -0.05) is 0 Å². The van der Waals surface area contributed by atoms with Crippen molar-refractivity contribution in [3.05, 3.63) is 69.1 Å². The van der Waals surface area contributed by atoms with E-state index in [2.05, 4.69) is 33.0 Å². The minimum atomic E-state index is -4.54. The van der Waals surface area contributed by atoms with Gasteiger partial charge in [-0.2, -0.15) is 18.3 Å². The van der Waals surface area contributed by atoms with Crippen molar-refractivity contribution in [2.45, 2.75) is 13.1 Å². The van der Waals surface area contributed by atoms with E-state index in [0.29, 0.717) is 22.6 Å². The Morgan fingerprint density at radius 1 is 1.15 bits per heavy atom. The second-order valence-corrected chi connectivity index (χ2v) is 7.06. The first-order valence-corrected chi connectivity index (χ1v) is 8.84. The Labute approximate surface area is 166 Å². The molecular weight excluding hydrogens is 472 g/mol. The van der Waals surface area contributed by atoms with Crippen molar-refractivity contribution in [1.82, 2.24) is 9.78 Å². The third-order valence-corrected chi connectivity index (χ3v) is 4.52. The average Bonchev–Trinajstić information content (AvgIpc) is 2.97. The molecule has 2 aromatic carbocycles. The van der Waals surface area contributed by atoms with Crippen LogP contribution in [0.5, 0.6) is 0 Å². The molecule has 1 amide bonds. The van der Waals surface area contributed by atoms with Crippen LogP contribution in [0.4, 0.5) is 24.5 Å². The molecule has 0 spiro atoms. The lowest BCUT2D eigenvalue weighted by molar-refractivity contribution is -0.141. The summed E-state index contributed by atoms with van der Waals surface area (Å²) in [6.07, 6.45) is -4.54. The van der Waals surface area contributed by atoms with Gasteiger partial charge in [-0.05, 0) is 78.0 Å². The van der Waals surface area contributed by atoms with Gasteiger partial charge in [-0.15, -0.1) is 0 Å². The highest BCUT2D eigenvalue weighted by Crippen LogP contribution is 2.30. The molecule has 0 atom stereocenters. The zero-order chi connectivity index (χ0) is 19.8. The second kappa shape index (κ2) is 7.22. The van der Waals surface area contributed by atoms with Crippen LogP contribution in [0.3, 0.4) is 0 Å². The van der Waals surface area contributed by atoms with Crippen LogP contribution in [-0.2, 0) is 6.18 Å². The number of rotatable bonds is 3. The summed E-state index contributed by atoms with van der Waals surface area (Å²) >= 11 is 2.14. The van der Waals surface area contributed by atoms with Crippen LogP contribution in [-0.4, -0.2) is 15.7 Å². The van der Waals surface area contributed by atoms with Crippen LogP contribution in [0, 0.1) is 10.5 Å². The summed E-state index contributed by atoms with van der Waals surface area (Å²) in [7, 11) is 0. The standard InChI is InChI=1S/C18H14F3IN4O/c1-10-8-16(18(19,20)21)25-26(10)15-7-6-13(9-14(15)23)24-17(27)11-2-4-12(22)5-3-11/h2-9H,23H2,1H3,(H,24,27). The first-order chi connectivity index (χ1) is 12.6. The van der Waals surface area contributed by atoms with E-state index < -0.39 is 11.9 Å². The number of amides is 1. The van der Waals surface area contributed by atoms with Gasteiger partial charge in [0.25, 0.3) is 5.91 Å². The highest BCUT2D eigenvalue weighted by atomic mass is 127. The van der Waals surface area contributed by atoms with Crippen LogP contribution in [0.15, 0.2) is 48.5 Å². The minimum absolute atomic E-state index is 0.190. The topological polar surface area (TPSA) is 72.9 Å². The third-order valence-electron chi connectivity index (χ3n) is 3.80. The zero-order valence-electron chi connectivity index (χ0n) is 14.0. The number of anilines is 2. The fourth-order valence-corrected chi connectivity index (χ4v) is 2.85. The smallest absolute Gasteiger partial charge is 0.397 e. The number of aryl methyl sites for hydroxylation is 1. The summed E-state index contributed by atoms with van der Waals surface area (Å²) < 4.78 is 40.6. The number of nitrogens with one attached hydrogen (secondary N) is 1. The molecule has 3 N–H and O–H groups in total. The molecule has 9 heteroatoms. The third kappa shape index (κ3) is 4.24. The van der Waals surface area contributed by atoms with Crippen molar-refractivity contribution in [3.63, 3.8) is 0 Å². The SMILES string of the molecule is Cc1cc(C(F)(F)F)nn1-c1ccc(NC(=O)c2ccc(I)cc2)cc1N. The van der Waals surface area contributed by atoms with Gasteiger partial charge in [0, 0.05) is 20.5 Å². The summed E-state index contributed by atoms with van der Waals surface area (Å²) in [5.74, 6) is -0.312. The first-order valence-electron chi connectivity index (χ1n) is 7.76. The lowest BCUT2D eigenvalue weighted by Crippen LogP contribution is -2.13. The maximum absolute atomic E-state index is 12.8. The Morgan fingerprint density at radius 2 is 1.81 bits per heavy atom. The van der Waals surface area contributed by atoms with Crippen LogP contribution in [0.1, 0.15) is 21.7 Å². The molecule has 0 unspecified atom stereocenters. The fourth-order valence-electron chi connectivity index (χ4n) is 2.49. The number of aromatic nitrogens is 2. The second-order valence-electron chi connectivity index (χ2n) is 5.82. The van der Waals surface area contributed by atoms with Crippen molar-refractivity contribution in [3.8, 4) is 5.69 Å². The summed E-state index contributed by atoms with van der Waals surface area (Å²) in [4.78, 5) is 12.3. The van der Waals surface area contributed by atoms with E-state index in [1.54, 1.807) is 18.2 Å². The van der Waals surface area contributed by atoms with E-state index >= 15 is 0 Å². The highest BCUT2D eigenvalue weighted by molar-refractivity contribution is 14.1. The monoisotopic (exact) mass is 486 g/mol. The van der Waals surface area contributed by atoms with Crippen molar-refractivity contribution in [1.29, 1.82) is 0 Å². The number of nitrogen functional groups attached to an aromatic ring is 1. The van der Waals surface area contributed by atoms with Gasteiger partial charge in [-0.25, -0.2) is 4.68 Å². The Kier molecular flexibility index (Phi) is 5.13. The molecular formula is C18H14F3IN4O. The average molecular weight is 486 g/mol. The maximum Gasteiger partial charge on any atom is 0.435 e. The molecule has 1 heterocycles. The molecule has 27 heavy (non-hydrogen) atoms. The van der Waals surface area contributed by atoms with Crippen molar-refractivity contribution in [2.75, 3.05) is 11.1 Å². The van der Waals surface area contributed by atoms with Gasteiger partial charge in [0.1, 0.15) is 0 Å². The van der Waals surface area contributed by atoms with Crippen LogP contribution in [0.2, 0.25) is 0 Å². The lowest BCUT2D eigenvalue weighted by Gasteiger charge is -2.11. The molecule has 0 bridgehead atoms. The first kappa shape index (κ1) is 19.2. The Morgan fingerprint density at radius 3 is 2.37 bits per heavy atom. The van der Waals surface area contributed by atoms with E-state index in [-0.39, 0.29) is 11.6 Å². The predicted octanol–water partition coefficient (Wildman–Crippen LogP) is 4.64. The molecule has 0 aliphatic heterocycles. The minimum Gasteiger partial charge on any atom is -0.397 e. The summed E-state index contributed by atoms with van der Waals surface area (Å²) in [6.45, 7) is 1.51. The molecule has 0 aliphatic carbocycles. The summed E-state index contributed by atoms with van der Waals surface area (Å²) in [5.41, 5.74) is 6.69. The van der Waals surface area contributed by atoms with E-state index in [4.69, 9.17) is 5.73 Å². The van der Waals surface area contributed by atoms with Crippen LogP contribution < -0.4 is 11.1 Å². The number of benzene rings is 2. The van der Waals surface area contributed by atoms with E-state index in [0.717, 1.165) is 14.3 Å². The van der Waals surface area contributed by atoms with Crippen molar-refractivity contribution < 1.29 is 18.0 Å². The molecule has 0 fully saturated rings. The van der Waals surface area contributed by atoms with E-state index in [1.165, 1.54) is 19.1 Å². The van der Waals surface area contributed by atoms with Gasteiger partial charge < -0.3 is 11.1 Å². The molecule has 0 saturated carbocycles. The van der Waals surface area contributed by atoms with Crippen LogP contribution >= 0.6 is 22.6 Å². The quantitative estimate of drug-likeness (QED) is 0.419. The van der Waals surface area contributed by atoms with Crippen molar-refractivity contribution in [2.24, 2.45) is 0 Å². The Balaban J connectivity index is 1.85. The Bertz CT molecular complexity index is 997. The van der Waals surface area contributed by atoms with Gasteiger partial charge in [0.05, 0.1) is 11.4 Å². The van der Waals surface area contributed by atoms with Crippen molar-refractivity contribution >= 4 is 39.9 Å². The van der Waals surface area contributed by atoms with Gasteiger partial charge in [-0.3, -0.25) is 4.79 Å². The van der Waals surface area contributed by atoms with E-state index in [9.17, 15) is 18.0 Å². The highest BCUT2D eigenvalue weighted by Gasteiger charge is 2.34. The molecule has 1 aromatic heterocycles.